The average Bonchev–Trinajstić information content (AvgIpc) is 2.96. The number of ketones is 1. The smallest absolute Gasteiger partial charge is 0.407 e. The Morgan fingerprint density at radius 3 is 2.05 bits per heavy atom. The van der Waals surface area contributed by atoms with Gasteiger partial charge in [0.2, 0.25) is 17.7 Å². The number of rotatable bonds is 42. The normalized spacial score (nSPS) is 24.1. The van der Waals surface area contributed by atoms with Crippen molar-refractivity contribution in [1.29, 1.82) is 10.8 Å². The summed E-state index contributed by atoms with van der Waals surface area (Å²) in [6, 6.07) is -1.68. The first-order valence-corrected chi connectivity index (χ1v) is 31.9. The second kappa shape index (κ2) is 36.6. The number of hydrogen-bond acceptors (Lipinski definition) is 12. The maximum atomic E-state index is 13.7. The van der Waals surface area contributed by atoms with E-state index >= 15 is 0 Å². The summed E-state index contributed by atoms with van der Waals surface area (Å²) in [5.41, 5.74) is 30.9. The van der Waals surface area contributed by atoms with E-state index in [1.807, 2.05) is 0 Å². The van der Waals surface area contributed by atoms with Gasteiger partial charge in [0.1, 0.15) is 12.1 Å². The molecule has 16 N–H and O–H groups in total. The van der Waals surface area contributed by atoms with Gasteiger partial charge in [0, 0.05) is 63.4 Å². The number of amidine groups is 2. The average molecular weight is 1170 g/mol. The molecule has 3 saturated carbocycles. The standard InChI is InChI=1S/C63H112N12O8/c1-42(2)16-15-17-43(3)49-25-26-50-48-24-23-46-41-47(29-31-62(46,5)51(48)30-32-63(49,50)6)83-61(80)73-35-37-82-39-38-81-36-34-71-57(77)28-27-54(76)52(74-58(78)45(40-56(67)68)19-10-7-9-18-44(4)64)20-13-14-33-72-59(79)53(75-60(69)70)21-11-8-12-22-55(65)66/h23,42-43,45,47-53H,4,7-22,24-41,64H2,1-3,5-6H3,(H3,65,66)(H3,67,68)(H,71,77)(H,72,79)(H,73,80)(H,74,78)(H4,69,70,75). The Balaban J connectivity index is 1.12. The maximum Gasteiger partial charge on any atom is 0.407 e. The van der Waals surface area contributed by atoms with E-state index in [0.29, 0.717) is 82.2 Å². The Labute approximate surface area is 497 Å². The molecule has 0 radical (unpaired) electrons. The zero-order valence-corrected chi connectivity index (χ0v) is 51.7. The lowest BCUT2D eigenvalue weighted by Gasteiger charge is -2.58. The molecular weight excluding hydrogens is 1050 g/mol. The molecule has 4 rings (SSSR count). The van der Waals surface area contributed by atoms with Crippen molar-refractivity contribution < 1.29 is 38.2 Å². The van der Waals surface area contributed by atoms with Crippen LogP contribution in [0.3, 0.4) is 0 Å². The van der Waals surface area contributed by atoms with Crippen LogP contribution >= 0.6 is 0 Å². The molecule has 0 aromatic rings. The molecular formula is C63H112N12O8. The number of nitrogens with two attached hydrogens (primary N) is 5. The molecule has 472 valence electrons. The summed E-state index contributed by atoms with van der Waals surface area (Å²) in [5, 5.41) is 26.7. The van der Waals surface area contributed by atoms with Crippen LogP contribution in [0.5, 0.6) is 0 Å². The number of alkyl carbamates (subject to hydrolysis) is 1. The van der Waals surface area contributed by atoms with Crippen molar-refractivity contribution in [3.05, 3.63) is 23.9 Å². The molecule has 83 heavy (non-hydrogen) atoms. The van der Waals surface area contributed by atoms with Crippen molar-refractivity contribution in [3.63, 3.8) is 0 Å². The maximum absolute atomic E-state index is 13.7. The molecule has 11 unspecified atom stereocenters. The summed E-state index contributed by atoms with van der Waals surface area (Å²) in [6.45, 7) is 18.1. The molecule has 3 fully saturated rings. The number of allylic oxidation sites excluding steroid dienone is 2. The lowest BCUT2D eigenvalue weighted by molar-refractivity contribution is -0.131. The molecule has 0 spiro atoms. The Morgan fingerprint density at radius 1 is 0.687 bits per heavy atom. The molecule has 4 aliphatic rings. The third-order valence-corrected chi connectivity index (χ3v) is 18.9. The van der Waals surface area contributed by atoms with E-state index < -0.39 is 24.1 Å². The molecule has 11 atom stereocenters. The van der Waals surface area contributed by atoms with Gasteiger partial charge in [-0.25, -0.2) is 9.79 Å². The van der Waals surface area contributed by atoms with Crippen molar-refractivity contribution in [2.45, 2.75) is 226 Å². The summed E-state index contributed by atoms with van der Waals surface area (Å²) >= 11 is 0. The van der Waals surface area contributed by atoms with Crippen LogP contribution < -0.4 is 49.9 Å². The number of nitrogens with zero attached hydrogens (tertiary/aromatic N) is 1. The molecule has 0 aromatic heterocycles. The quantitative estimate of drug-likeness (QED) is 0.0119. The van der Waals surface area contributed by atoms with Crippen molar-refractivity contribution >= 4 is 47.2 Å². The van der Waals surface area contributed by atoms with Gasteiger partial charge in [-0.15, -0.1) is 0 Å². The van der Waals surface area contributed by atoms with Crippen LogP contribution in [0, 0.1) is 63.1 Å². The topological polar surface area (TPSA) is 351 Å². The van der Waals surface area contributed by atoms with Crippen LogP contribution in [-0.4, -0.2) is 111 Å². The Hall–Kier alpha value is -5.24. The van der Waals surface area contributed by atoms with Gasteiger partial charge in [0.25, 0.3) is 0 Å². The predicted octanol–water partition coefficient (Wildman–Crippen LogP) is 8.29. The number of guanidine groups is 1. The third-order valence-electron chi connectivity index (χ3n) is 18.9. The second-order valence-corrected chi connectivity index (χ2v) is 25.8. The minimum absolute atomic E-state index is 0.0406. The highest BCUT2D eigenvalue weighted by atomic mass is 16.6. The largest absolute Gasteiger partial charge is 0.446 e. The van der Waals surface area contributed by atoms with Crippen LogP contribution in [0.4, 0.5) is 4.79 Å². The molecule has 0 aliphatic heterocycles. The fourth-order valence-electron chi connectivity index (χ4n) is 14.4. The van der Waals surface area contributed by atoms with Gasteiger partial charge in [-0.2, -0.15) is 0 Å². The molecule has 0 bridgehead atoms. The molecule has 20 heteroatoms. The van der Waals surface area contributed by atoms with E-state index in [0.717, 1.165) is 80.5 Å². The third kappa shape index (κ3) is 24.3. The number of amides is 4. The van der Waals surface area contributed by atoms with Crippen LogP contribution in [-0.2, 0) is 33.4 Å². The van der Waals surface area contributed by atoms with Crippen molar-refractivity contribution in [2.24, 2.45) is 85.9 Å². The van der Waals surface area contributed by atoms with E-state index in [4.69, 9.17) is 53.7 Å². The number of ether oxygens (including phenoxy) is 3. The number of carbonyl (C=O) groups is 5. The Morgan fingerprint density at radius 2 is 1.37 bits per heavy atom. The van der Waals surface area contributed by atoms with E-state index in [9.17, 15) is 24.0 Å². The van der Waals surface area contributed by atoms with Crippen LogP contribution in [0.15, 0.2) is 28.9 Å². The molecule has 0 heterocycles. The molecule has 0 saturated heterocycles. The molecule has 4 amide bonds. The second-order valence-electron chi connectivity index (χ2n) is 25.8. The van der Waals surface area contributed by atoms with Gasteiger partial charge in [-0.1, -0.05) is 97.8 Å². The van der Waals surface area contributed by atoms with Crippen LogP contribution in [0.1, 0.15) is 208 Å². The van der Waals surface area contributed by atoms with Gasteiger partial charge in [0.05, 0.1) is 44.1 Å². The van der Waals surface area contributed by atoms with Crippen molar-refractivity contribution in [1.82, 2.24) is 21.3 Å². The van der Waals surface area contributed by atoms with Crippen LogP contribution in [0.25, 0.3) is 0 Å². The first-order chi connectivity index (χ1) is 39.5. The Kier molecular flexibility index (Phi) is 31.0. The number of unbranched alkanes of at least 4 members (excludes halogenated alkanes) is 5. The van der Waals surface area contributed by atoms with E-state index in [1.54, 1.807) is 0 Å². The number of hydrogen-bond donors (Lipinski definition) is 11. The van der Waals surface area contributed by atoms with E-state index in [2.05, 4.69) is 73.5 Å². The summed E-state index contributed by atoms with van der Waals surface area (Å²) in [5.74, 6) is 2.53. The predicted molar refractivity (Wildman–Crippen MR) is 330 cm³/mol. The van der Waals surface area contributed by atoms with Crippen LogP contribution in [0.2, 0.25) is 0 Å². The summed E-state index contributed by atoms with van der Waals surface area (Å²) in [4.78, 5) is 70.2. The number of fused-ring (bicyclic) bond motifs is 5. The number of Topliss-reactive ketones (excluding diaryl/α,β-unsaturated/α-hetero) is 1. The van der Waals surface area contributed by atoms with Gasteiger partial charge in [-0.3, -0.25) is 30.0 Å². The fourth-order valence-corrected chi connectivity index (χ4v) is 14.4. The SMILES string of the molecule is C=C(N)CCCCCC(CC(=N)N)C(=O)NC(CCCCNC(=O)C(CCCCCC(=N)N)N=C(N)N)C(=O)CCC(=O)NCCOCCOCCNC(=O)OC1CCC2(C)C(=CCC3C2CCC2(C)C(C(C)CCCC(C)C)CCC32)C1. The zero-order valence-electron chi connectivity index (χ0n) is 51.7. The molecule has 20 nitrogen and oxygen atoms in total. The summed E-state index contributed by atoms with van der Waals surface area (Å²) in [7, 11) is 0. The van der Waals surface area contributed by atoms with Gasteiger partial charge in [0.15, 0.2) is 11.7 Å². The van der Waals surface area contributed by atoms with E-state index in [-0.39, 0.29) is 105 Å². The first-order valence-electron chi connectivity index (χ1n) is 31.9. The minimum Gasteiger partial charge on any atom is -0.446 e. The fraction of sp³-hybridized carbons (Fsp3) is 0.810. The monoisotopic (exact) mass is 1160 g/mol. The van der Waals surface area contributed by atoms with Gasteiger partial charge < -0.3 is 64.1 Å². The lowest BCUT2D eigenvalue weighted by atomic mass is 9.47. The lowest BCUT2D eigenvalue weighted by Crippen LogP contribution is -2.51. The van der Waals surface area contributed by atoms with Gasteiger partial charge >= 0.3 is 6.09 Å². The zero-order chi connectivity index (χ0) is 61.0. The molecule has 0 aromatic carbocycles. The summed E-state index contributed by atoms with van der Waals surface area (Å²) in [6.07, 6.45) is 23.0. The number of aliphatic imine (C=N–C) groups is 1. The Bertz CT molecular complexity index is 2150. The van der Waals surface area contributed by atoms with E-state index in [1.165, 1.54) is 56.9 Å². The number of nitrogens with one attached hydrogen (secondary N) is 6. The molecule has 4 aliphatic carbocycles. The highest BCUT2D eigenvalue weighted by molar-refractivity contribution is 5.93. The first kappa shape index (κ1) is 70.2. The van der Waals surface area contributed by atoms with Crippen molar-refractivity contribution in [2.75, 3.05) is 46.1 Å². The highest BCUT2D eigenvalue weighted by Gasteiger charge is 2.59. The summed E-state index contributed by atoms with van der Waals surface area (Å²) < 4.78 is 17.3. The van der Waals surface area contributed by atoms with Crippen molar-refractivity contribution in [3.8, 4) is 0 Å². The minimum atomic E-state index is -0.905. The number of carbonyl (C=O) groups excluding carboxylic acids is 5. The highest BCUT2D eigenvalue weighted by Crippen LogP contribution is 2.67. The van der Waals surface area contributed by atoms with Gasteiger partial charge in [-0.05, 0) is 143 Å².